The number of anilines is 2. The molecular weight excluding hydrogens is 1050 g/mol. The summed E-state index contributed by atoms with van der Waals surface area (Å²) in [4.78, 5) is 117. The zero-order valence-electron chi connectivity index (χ0n) is 43.8. The zero-order chi connectivity index (χ0) is 57.7. The Hall–Kier alpha value is -9.42. The Morgan fingerprint density at radius 3 is 2.09 bits per heavy atom. The molecule has 2 atom stereocenters. The first-order valence-electron chi connectivity index (χ1n) is 25.0. The number of H-pyrrole nitrogens is 1. The number of halogens is 3. The number of benzene rings is 4. The van der Waals surface area contributed by atoms with Crippen LogP contribution in [-0.4, -0.2) is 119 Å². The predicted octanol–water partition coefficient (Wildman–Crippen LogP) is 4.94. The van der Waals surface area contributed by atoms with Gasteiger partial charge in [0.25, 0.3) is 17.4 Å². The van der Waals surface area contributed by atoms with Crippen LogP contribution in [0.25, 0.3) is 22.3 Å². The highest BCUT2D eigenvalue weighted by atomic mass is 19.4. The van der Waals surface area contributed by atoms with E-state index in [1.54, 1.807) is 45.0 Å². The minimum absolute atomic E-state index is 0.0169. The number of rotatable bonds is 22. The summed E-state index contributed by atoms with van der Waals surface area (Å²) in [5.74, 6) is -5.75. The van der Waals surface area contributed by atoms with Crippen molar-refractivity contribution in [2.45, 2.75) is 82.8 Å². The minimum atomic E-state index is -5.32. The highest BCUT2D eigenvalue weighted by Gasteiger charge is 2.43. The first-order chi connectivity index (χ1) is 38.1. The largest absolute Gasteiger partial charge is 0.484 e. The number of aromatic amines is 1. The summed E-state index contributed by atoms with van der Waals surface area (Å²) in [6.07, 6.45) is -4.31. The molecule has 1 aliphatic rings. The third kappa shape index (κ3) is 15.6. The van der Waals surface area contributed by atoms with E-state index in [0.29, 0.717) is 29.1 Å². The maximum absolute atomic E-state index is 13.7. The second-order valence-corrected chi connectivity index (χ2v) is 19.3. The van der Waals surface area contributed by atoms with Crippen LogP contribution >= 0.6 is 0 Å². The van der Waals surface area contributed by atoms with E-state index in [-0.39, 0.29) is 72.6 Å². The topological polar surface area (TPSA) is 305 Å². The Bertz CT molecular complexity index is 3270. The van der Waals surface area contributed by atoms with E-state index in [0.717, 1.165) is 59.8 Å². The molecule has 2 aromatic heterocycles. The lowest BCUT2D eigenvalue weighted by Crippen LogP contribution is -2.48. The first kappa shape index (κ1) is 58.3. The molecule has 420 valence electrons. The van der Waals surface area contributed by atoms with Crippen LogP contribution < -0.4 is 42.2 Å². The smallest absolute Gasteiger partial charge is 0.471 e. The average Bonchev–Trinajstić information content (AvgIpc) is 3.77. The lowest BCUT2D eigenvalue weighted by Gasteiger charge is -2.25. The van der Waals surface area contributed by atoms with Crippen molar-refractivity contribution in [1.82, 2.24) is 41.2 Å². The van der Waals surface area contributed by atoms with Gasteiger partial charge in [0.15, 0.2) is 17.8 Å². The predicted molar refractivity (Wildman–Crippen MR) is 283 cm³/mol. The average molecular weight is 1110 g/mol. The summed E-state index contributed by atoms with van der Waals surface area (Å²) < 4.78 is 62.8. The number of ether oxygens (including phenoxy) is 4. The number of amides is 5. The number of nitrogen functional groups attached to an aromatic ring is 1. The van der Waals surface area contributed by atoms with Gasteiger partial charge in [0.05, 0.1) is 25.5 Å². The molecule has 22 nitrogen and oxygen atoms in total. The van der Waals surface area contributed by atoms with Crippen molar-refractivity contribution in [1.29, 1.82) is 0 Å². The fourth-order valence-electron chi connectivity index (χ4n) is 8.54. The molecule has 0 radical (unpaired) electrons. The van der Waals surface area contributed by atoms with Crippen LogP contribution in [-0.2, 0) is 51.1 Å². The number of unbranched alkanes of at least 4 members (excludes halogenated alkanes) is 1. The van der Waals surface area contributed by atoms with Gasteiger partial charge in [0.1, 0.15) is 36.6 Å². The van der Waals surface area contributed by atoms with Crippen molar-refractivity contribution in [3.8, 4) is 16.9 Å². The Morgan fingerprint density at radius 1 is 0.787 bits per heavy atom. The number of nitrogens with zero attached hydrogens (tertiary/aromatic N) is 4. The van der Waals surface area contributed by atoms with Crippen LogP contribution in [0.4, 0.5) is 29.6 Å². The van der Waals surface area contributed by atoms with Gasteiger partial charge in [0, 0.05) is 30.1 Å². The number of hydrogen-bond donors (Lipinski definition) is 6. The van der Waals surface area contributed by atoms with E-state index in [4.69, 9.17) is 24.7 Å². The van der Waals surface area contributed by atoms with E-state index in [1.807, 2.05) is 48.5 Å². The van der Waals surface area contributed by atoms with Gasteiger partial charge in [-0.25, -0.2) is 24.4 Å². The molecule has 7 N–H and O–H groups in total. The number of nitrogens with two attached hydrogens (primary N) is 1. The summed E-state index contributed by atoms with van der Waals surface area (Å²) in [6, 6.07) is 24.4. The number of nitrogens with one attached hydrogen (secondary N) is 5. The van der Waals surface area contributed by atoms with Gasteiger partial charge >= 0.3 is 30.1 Å². The van der Waals surface area contributed by atoms with Gasteiger partial charge in [-0.2, -0.15) is 18.2 Å². The number of esters is 2. The number of carbonyl (C=O) groups excluding carboxylic acids is 7. The number of alkyl carbamates (subject to hydrolysis) is 1. The SMILES string of the molecule is COC(=O)[C@H](CCCCNC(=O)COc1ccc(C[C@H](NC(=O)CNC(=O)OCC2c3ccccc3-c3ccccc32)C(=O)OC(C)(C)C)cc1)NC(=O)c1ccc(N(Cc2cnc3nc(N)[nH]c(=O)c3n2)C(=O)C(F)(F)F)cc1. The fourth-order valence-corrected chi connectivity index (χ4v) is 8.54. The molecule has 0 saturated carbocycles. The lowest BCUT2D eigenvalue weighted by molar-refractivity contribution is -0.170. The van der Waals surface area contributed by atoms with Crippen LogP contribution in [0.1, 0.15) is 78.7 Å². The van der Waals surface area contributed by atoms with E-state index < -0.39 is 84.2 Å². The van der Waals surface area contributed by atoms with Crippen molar-refractivity contribution in [2.24, 2.45) is 0 Å². The van der Waals surface area contributed by atoms with Crippen LogP contribution in [0.5, 0.6) is 5.75 Å². The van der Waals surface area contributed by atoms with Crippen molar-refractivity contribution in [3.63, 3.8) is 0 Å². The molecule has 4 aromatic carbocycles. The first-order valence-corrected chi connectivity index (χ1v) is 25.0. The van der Waals surface area contributed by atoms with Crippen molar-refractivity contribution < 1.29 is 65.7 Å². The monoisotopic (exact) mass is 1110 g/mol. The van der Waals surface area contributed by atoms with E-state index in [1.165, 1.54) is 0 Å². The maximum Gasteiger partial charge on any atom is 0.471 e. The Kier molecular flexibility index (Phi) is 18.8. The van der Waals surface area contributed by atoms with Crippen molar-refractivity contribution >= 4 is 64.5 Å². The standard InChI is InChI=1S/C55H57F3N10O12/c1-54(2,3)80-50(74)42(64-43(69)27-62-53(76)79-29-40-38-13-7-5-11-36(38)37-12-6-8-14-39(37)40)25-31-16-22-35(23-17-31)78-30-44(70)60-24-10-9-15-41(49(73)77-4)65-47(71)32-18-20-34(21-19-32)68(51(75)55(56,57)58)28-33-26-61-46-45(63-33)48(72)67-52(59)66-46/h5-8,11-14,16-23,26,40-42H,9-10,15,24-25,27-30H2,1-4H3,(H,60,70)(H,62,76)(H,64,69)(H,65,71)(H3,59,61,66,67,72)/t41-,42-/m0/s1. The fraction of sp³-hybridized carbons (Fsp3) is 0.327. The number of aromatic nitrogens is 4. The second-order valence-electron chi connectivity index (χ2n) is 19.3. The van der Waals surface area contributed by atoms with Crippen LogP contribution in [0, 0.1) is 0 Å². The van der Waals surface area contributed by atoms with Gasteiger partial charge in [-0.3, -0.25) is 33.9 Å². The van der Waals surface area contributed by atoms with Crippen molar-refractivity contribution in [3.05, 3.63) is 142 Å². The number of alkyl halides is 3. The molecular formula is C55H57F3N10O12. The molecule has 5 amide bonds. The van der Waals surface area contributed by atoms with Gasteiger partial charge in [-0.1, -0.05) is 60.7 Å². The molecule has 0 fully saturated rings. The Morgan fingerprint density at radius 2 is 1.45 bits per heavy atom. The summed E-state index contributed by atoms with van der Waals surface area (Å²) in [5, 5.41) is 10.3. The summed E-state index contributed by atoms with van der Waals surface area (Å²) >= 11 is 0. The highest BCUT2D eigenvalue weighted by Crippen LogP contribution is 2.44. The van der Waals surface area contributed by atoms with Gasteiger partial charge in [0.2, 0.25) is 11.9 Å². The molecule has 0 unspecified atom stereocenters. The molecule has 0 aliphatic heterocycles. The normalized spacial score (nSPS) is 12.7. The van der Waals surface area contributed by atoms with Crippen LogP contribution in [0.2, 0.25) is 0 Å². The second kappa shape index (κ2) is 25.8. The molecule has 6 aromatic rings. The summed E-state index contributed by atoms with van der Waals surface area (Å²) in [5.41, 5.74) is 7.64. The van der Waals surface area contributed by atoms with E-state index in [2.05, 4.69) is 41.2 Å². The Balaban J connectivity index is 0.839. The molecule has 25 heteroatoms. The molecule has 2 heterocycles. The quantitative estimate of drug-likeness (QED) is 0.0298. The van der Waals surface area contributed by atoms with Gasteiger partial charge in [-0.15, -0.1) is 0 Å². The molecule has 0 saturated heterocycles. The number of methoxy groups -OCH3 is 1. The third-order valence-corrected chi connectivity index (χ3v) is 12.3. The van der Waals surface area contributed by atoms with Crippen LogP contribution in [0.3, 0.4) is 0 Å². The van der Waals surface area contributed by atoms with Crippen molar-refractivity contribution in [2.75, 3.05) is 44.0 Å². The van der Waals surface area contributed by atoms with Gasteiger partial charge in [-0.05, 0) is 104 Å². The number of carbonyl (C=O) groups is 7. The number of hydrogen-bond acceptors (Lipinski definition) is 16. The maximum atomic E-state index is 13.7. The zero-order valence-corrected chi connectivity index (χ0v) is 43.8. The Labute approximate surface area is 455 Å². The minimum Gasteiger partial charge on any atom is -0.484 e. The molecule has 80 heavy (non-hydrogen) atoms. The summed E-state index contributed by atoms with van der Waals surface area (Å²) in [6.45, 7) is 3.68. The number of fused-ring (bicyclic) bond motifs is 4. The molecule has 7 rings (SSSR count). The van der Waals surface area contributed by atoms with Crippen LogP contribution in [0.15, 0.2) is 108 Å². The van der Waals surface area contributed by atoms with E-state index >= 15 is 0 Å². The van der Waals surface area contributed by atoms with E-state index in [9.17, 15) is 51.5 Å². The molecule has 0 bridgehead atoms. The molecule has 1 aliphatic carbocycles. The lowest BCUT2D eigenvalue weighted by atomic mass is 9.98. The summed E-state index contributed by atoms with van der Waals surface area (Å²) in [7, 11) is 1.12. The molecule has 0 spiro atoms. The highest BCUT2D eigenvalue weighted by molar-refractivity contribution is 5.99. The third-order valence-electron chi connectivity index (χ3n) is 12.3. The van der Waals surface area contributed by atoms with Gasteiger partial charge < -0.3 is 45.9 Å².